The van der Waals surface area contributed by atoms with Crippen LogP contribution in [0.5, 0.6) is 23.0 Å². The van der Waals surface area contributed by atoms with Crippen LogP contribution in [0.3, 0.4) is 0 Å². The lowest BCUT2D eigenvalue weighted by Gasteiger charge is -2.25. The Morgan fingerprint density at radius 2 is 1.35 bits per heavy atom. The fourth-order valence-corrected chi connectivity index (χ4v) is 6.94. The zero-order valence-corrected chi connectivity index (χ0v) is 41.6. The van der Waals surface area contributed by atoms with E-state index in [1.165, 1.54) is 52.4 Å². The Morgan fingerprint density at radius 3 is 1.86 bits per heavy atom. The summed E-state index contributed by atoms with van der Waals surface area (Å²) in [6.45, 7) is 22.2. The lowest BCUT2D eigenvalue weighted by atomic mass is 9.96. The number of phenolic OH excluding ortho intramolecular Hbond substituents is 1. The average Bonchev–Trinajstić information content (AvgIpc) is 3.63. The predicted molar refractivity (Wildman–Crippen MR) is 277 cm³/mol. The van der Waals surface area contributed by atoms with Crippen LogP contribution in [0.25, 0.3) is 11.3 Å². The minimum Gasteiger partial charge on any atom is -0.508 e. The molecule has 1 aliphatic rings. The number of unbranched alkanes of at least 4 members (excludes halogenated alkanes) is 5. The zero-order valence-electron chi connectivity index (χ0n) is 41.6. The van der Waals surface area contributed by atoms with Crippen molar-refractivity contribution in [1.29, 1.82) is 0 Å². The van der Waals surface area contributed by atoms with Gasteiger partial charge in [-0.05, 0) is 136 Å². The van der Waals surface area contributed by atoms with E-state index < -0.39 is 6.04 Å². The van der Waals surface area contributed by atoms with Crippen molar-refractivity contribution < 1.29 is 33.7 Å². The fourth-order valence-electron chi connectivity index (χ4n) is 6.94. The van der Waals surface area contributed by atoms with Crippen LogP contribution in [0, 0.1) is 6.92 Å². The number of nitrogens with zero attached hydrogens (tertiary/aromatic N) is 1. The van der Waals surface area contributed by atoms with Gasteiger partial charge in [-0.3, -0.25) is 9.59 Å². The Kier molecular flexibility index (Phi) is 29.2. The van der Waals surface area contributed by atoms with E-state index in [2.05, 4.69) is 53.8 Å². The van der Waals surface area contributed by atoms with Crippen molar-refractivity contribution in [3.8, 4) is 23.0 Å². The van der Waals surface area contributed by atoms with E-state index >= 15 is 0 Å². The first-order valence-electron chi connectivity index (χ1n) is 24.1. The smallest absolute Gasteiger partial charge is 0.255 e. The van der Waals surface area contributed by atoms with Gasteiger partial charge in [0.25, 0.3) is 5.91 Å². The van der Waals surface area contributed by atoms with Gasteiger partial charge < -0.3 is 34.3 Å². The number of carbonyl (C=O) groups excluding carboxylic acids is 3. The highest BCUT2D eigenvalue weighted by Gasteiger charge is 2.35. The number of benzene rings is 4. The van der Waals surface area contributed by atoms with Gasteiger partial charge >= 0.3 is 0 Å². The number of phenols is 1. The number of ketones is 2. The van der Waals surface area contributed by atoms with Gasteiger partial charge in [0.2, 0.25) is 0 Å². The number of Topliss-reactive ketones (excluding diaryl/α,β-unsaturated/α-hetero) is 2. The van der Waals surface area contributed by atoms with Gasteiger partial charge in [-0.2, -0.15) is 0 Å². The number of allylic oxidation sites excluding steroid dienone is 1. The molecule has 0 radical (unpaired) electrons. The van der Waals surface area contributed by atoms with Gasteiger partial charge in [-0.1, -0.05) is 113 Å². The average molecular weight is 909 g/mol. The van der Waals surface area contributed by atoms with Crippen LogP contribution in [0.15, 0.2) is 84.9 Å². The summed E-state index contributed by atoms with van der Waals surface area (Å²) in [4.78, 5) is 37.4. The van der Waals surface area contributed by atoms with E-state index in [-0.39, 0.29) is 30.6 Å². The van der Waals surface area contributed by atoms with E-state index in [4.69, 9.17) is 14.2 Å². The number of amides is 1. The molecule has 2 N–H and O–H groups in total. The number of aryl methyl sites for hydroxylation is 1. The van der Waals surface area contributed by atoms with Crippen molar-refractivity contribution in [1.82, 2.24) is 4.90 Å². The van der Waals surface area contributed by atoms with Gasteiger partial charge in [0, 0.05) is 41.9 Å². The molecule has 1 unspecified atom stereocenters. The summed E-state index contributed by atoms with van der Waals surface area (Å²) in [5, 5.41) is 13.3. The van der Waals surface area contributed by atoms with Crippen molar-refractivity contribution in [2.75, 3.05) is 25.6 Å². The molecule has 364 valence electrons. The molecule has 4 aromatic rings. The second-order valence-electron chi connectivity index (χ2n) is 16.5. The largest absolute Gasteiger partial charge is 0.508 e. The van der Waals surface area contributed by atoms with Crippen LogP contribution in [-0.2, 0) is 16.1 Å². The maximum atomic E-state index is 12.6. The molecule has 1 heterocycles. The Labute approximate surface area is 399 Å². The number of rotatable bonds is 22. The number of aromatic hydroxyl groups is 1. The number of hydrogen-bond donors (Lipinski definition) is 2. The summed E-state index contributed by atoms with van der Waals surface area (Å²) in [6.07, 6.45) is 12.8. The Hall–Kier alpha value is -5.57. The third-order valence-corrected chi connectivity index (χ3v) is 10.9. The Balaban J connectivity index is 0.000000551. The predicted octanol–water partition coefficient (Wildman–Crippen LogP) is 15.1. The summed E-state index contributed by atoms with van der Waals surface area (Å²) in [6, 6.07) is 26.2. The lowest BCUT2D eigenvalue weighted by molar-refractivity contribution is -0.122. The summed E-state index contributed by atoms with van der Waals surface area (Å²) >= 11 is 0. The topological polar surface area (TPSA) is 114 Å². The molecule has 9 nitrogen and oxygen atoms in total. The van der Waals surface area contributed by atoms with E-state index in [9.17, 15) is 19.5 Å². The lowest BCUT2D eigenvalue weighted by Crippen LogP contribution is -2.40. The van der Waals surface area contributed by atoms with Gasteiger partial charge in [-0.15, -0.1) is 0 Å². The van der Waals surface area contributed by atoms with Crippen molar-refractivity contribution >= 4 is 34.5 Å². The van der Waals surface area contributed by atoms with Crippen LogP contribution >= 0.6 is 0 Å². The SMILES string of the molecule is C.CCCC.CCCCCC.CCCCNc1ccc2c(c1)CN(C(CCC(C)=O)C(C)=O)C2=O.CCCOc1ccc(O/C(=C(/CC)c2ccc(OC)cc2)c2ccc(O)cc2C)cc1. The molecule has 0 fully saturated rings. The van der Waals surface area contributed by atoms with Gasteiger partial charge in [0.15, 0.2) is 5.78 Å². The number of methoxy groups -OCH3 is 1. The molecule has 9 heteroatoms. The summed E-state index contributed by atoms with van der Waals surface area (Å²) in [7, 11) is 1.66. The zero-order chi connectivity index (χ0) is 48.1. The van der Waals surface area contributed by atoms with Gasteiger partial charge in [0.1, 0.15) is 34.5 Å². The first-order chi connectivity index (χ1) is 31.3. The van der Waals surface area contributed by atoms with Gasteiger partial charge in [-0.25, -0.2) is 0 Å². The van der Waals surface area contributed by atoms with E-state index in [1.807, 2.05) is 79.7 Å². The normalized spacial score (nSPS) is 12.0. The number of fused-ring (bicyclic) bond motifs is 1. The summed E-state index contributed by atoms with van der Waals surface area (Å²) in [5.41, 5.74) is 6.62. The van der Waals surface area contributed by atoms with Crippen molar-refractivity contribution in [2.24, 2.45) is 0 Å². The highest BCUT2D eigenvalue weighted by molar-refractivity contribution is 6.01. The van der Waals surface area contributed by atoms with Crippen LogP contribution < -0.4 is 19.5 Å². The number of hydrogen-bond acceptors (Lipinski definition) is 8. The van der Waals surface area contributed by atoms with Crippen LogP contribution in [0.4, 0.5) is 5.69 Å². The summed E-state index contributed by atoms with van der Waals surface area (Å²) < 4.78 is 17.4. The number of anilines is 1. The molecule has 4 aromatic carbocycles. The molecular formula is C57H84N2O7. The van der Waals surface area contributed by atoms with Crippen LogP contribution in [0.2, 0.25) is 0 Å². The highest BCUT2D eigenvalue weighted by atomic mass is 16.5. The molecule has 0 saturated carbocycles. The summed E-state index contributed by atoms with van der Waals surface area (Å²) in [5.74, 6) is 3.22. The first-order valence-corrected chi connectivity index (χ1v) is 24.1. The minimum absolute atomic E-state index is 0. The third-order valence-electron chi connectivity index (χ3n) is 10.9. The number of ether oxygens (including phenoxy) is 3. The van der Waals surface area contributed by atoms with Gasteiger partial charge in [0.05, 0.1) is 19.8 Å². The molecule has 0 saturated heterocycles. The standard InChI is InChI=1S/C27H30O4.C19H26N2O3.C6H14.C4H10.CH4/c1-5-17-30-23-12-14-24(15-13-23)31-27(26-16-9-21(28)18-19(26)3)25(6-2)20-7-10-22(29-4)11-8-20;1-4-5-10-20-16-7-8-17-15(11-16)12-21(19(17)24)18(14(3)23)9-6-13(2)22;1-3-5-6-4-2;1-3-4-2;/h7-16,18,28H,5-6,17H2,1-4H3;7-8,11,18,20H,4-6,9-10,12H2,1-3H3;3-6H2,1-2H3;3-4H2,1-2H3;1H4/b27-25-;;;;. The molecular weight excluding hydrogens is 825 g/mol. The van der Waals surface area contributed by atoms with Crippen LogP contribution in [-0.4, -0.2) is 53.8 Å². The molecule has 0 aromatic heterocycles. The monoisotopic (exact) mass is 909 g/mol. The van der Waals surface area contributed by atoms with E-state index in [1.54, 1.807) is 24.1 Å². The second-order valence-corrected chi connectivity index (χ2v) is 16.5. The molecule has 5 rings (SSSR count). The molecule has 66 heavy (non-hydrogen) atoms. The van der Waals surface area contributed by atoms with Crippen molar-refractivity contribution in [3.05, 3.63) is 113 Å². The fraction of sp³-hybridized carbons (Fsp3) is 0.491. The third kappa shape index (κ3) is 19.9. The molecule has 0 spiro atoms. The Morgan fingerprint density at radius 1 is 0.742 bits per heavy atom. The molecule has 1 aliphatic heterocycles. The second kappa shape index (κ2) is 33.0. The number of nitrogens with one attached hydrogen (secondary N) is 1. The molecule has 0 bridgehead atoms. The van der Waals surface area contributed by atoms with E-state index in [0.717, 1.165) is 88.8 Å². The highest BCUT2D eigenvalue weighted by Crippen LogP contribution is 2.35. The van der Waals surface area contributed by atoms with Crippen molar-refractivity contribution in [3.63, 3.8) is 0 Å². The quantitative estimate of drug-likeness (QED) is 0.0455. The molecule has 1 amide bonds. The molecule has 1 atom stereocenters. The maximum Gasteiger partial charge on any atom is 0.255 e. The minimum atomic E-state index is -0.523. The molecule has 0 aliphatic carbocycles. The first kappa shape index (κ1) is 58.4. The Bertz CT molecular complexity index is 2030. The van der Waals surface area contributed by atoms with Crippen LogP contribution in [0.1, 0.15) is 179 Å². The van der Waals surface area contributed by atoms with E-state index in [0.29, 0.717) is 31.6 Å². The maximum absolute atomic E-state index is 12.6. The van der Waals surface area contributed by atoms with Crippen molar-refractivity contribution in [2.45, 2.75) is 166 Å². The number of carbonyl (C=O) groups is 3.